The van der Waals surface area contributed by atoms with Crippen molar-refractivity contribution in [1.29, 1.82) is 0 Å². The van der Waals surface area contributed by atoms with E-state index in [0.717, 1.165) is 16.2 Å². The van der Waals surface area contributed by atoms with Crippen LogP contribution in [0.25, 0.3) is 21.7 Å². The van der Waals surface area contributed by atoms with Crippen molar-refractivity contribution in [1.82, 2.24) is 5.43 Å². The maximum atomic E-state index is 12.4. The van der Waals surface area contributed by atoms with Gasteiger partial charge in [-0.05, 0) is 69.5 Å². The van der Waals surface area contributed by atoms with E-state index in [1.807, 2.05) is 36.4 Å². The predicted octanol–water partition coefficient (Wildman–Crippen LogP) is 3.63. The van der Waals surface area contributed by atoms with Crippen LogP contribution in [0.5, 0.6) is 5.75 Å². The number of aliphatic carboxylic acids is 1. The molecule has 1 aromatic heterocycles. The van der Waals surface area contributed by atoms with Crippen molar-refractivity contribution in [3.05, 3.63) is 76.5 Å². The van der Waals surface area contributed by atoms with Gasteiger partial charge < -0.3 is 19.1 Å². The van der Waals surface area contributed by atoms with E-state index in [9.17, 15) is 14.7 Å². The number of amides is 1. The van der Waals surface area contributed by atoms with Gasteiger partial charge in [-0.2, -0.15) is 5.10 Å². The Balaban J connectivity index is 1.46. The van der Waals surface area contributed by atoms with Crippen molar-refractivity contribution in [2.75, 3.05) is 0 Å². The van der Waals surface area contributed by atoms with Crippen LogP contribution < -0.4 is 15.3 Å². The molecule has 156 valence electrons. The molecule has 8 heteroatoms. The predicted molar refractivity (Wildman–Crippen MR) is 118 cm³/mol. The van der Waals surface area contributed by atoms with Gasteiger partial charge in [0, 0.05) is 5.39 Å². The molecular formula is C23H16BrN2O5-. The molecule has 1 N–H and O–H groups in total. The molecular weight excluding hydrogens is 464 g/mol. The number of halogens is 1. The van der Waals surface area contributed by atoms with Crippen LogP contribution in [-0.4, -0.2) is 24.2 Å². The average molecular weight is 480 g/mol. The lowest BCUT2D eigenvalue weighted by Crippen LogP contribution is -2.37. The summed E-state index contributed by atoms with van der Waals surface area (Å²) in [6.45, 7) is 1.38. The van der Waals surface area contributed by atoms with E-state index in [1.165, 1.54) is 13.1 Å². The number of hydrazone groups is 1. The molecule has 0 fully saturated rings. The van der Waals surface area contributed by atoms with Crippen LogP contribution in [0.4, 0.5) is 0 Å². The highest BCUT2D eigenvalue weighted by atomic mass is 79.9. The van der Waals surface area contributed by atoms with Crippen molar-refractivity contribution in [2.45, 2.75) is 13.0 Å². The number of furan rings is 1. The van der Waals surface area contributed by atoms with E-state index in [1.54, 1.807) is 24.3 Å². The molecule has 0 aliphatic heterocycles. The third kappa shape index (κ3) is 4.44. The van der Waals surface area contributed by atoms with Crippen LogP contribution in [-0.2, 0) is 4.79 Å². The monoisotopic (exact) mass is 479 g/mol. The highest BCUT2D eigenvalue weighted by Crippen LogP contribution is 2.28. The third-order valence-corrected chi connectivity index (χ3v) is 5.24. The van der Waals surface area contributed by atoms with Crippen molar-refractivity contribution in [3.8, 4) is 5.75 Å². The summed E-state index contributed by atoms with van der Waals surface area (Å²) in [6.07, 6.45) is 0.364. The zero-order valence-electron chi connectivity index (χ0n) is 16.3. The molecule has 3 aromatic carbocycles. The fraction of sp³-hybridized carbons (Fsp3) is 0.0870. The highest BCUT2D eigenvalue weighted by Gasteiger charge is 2.13. The Morgan fingerprint density at radius 1 is 1.13 bits per heavy atom. The summed E-state index contributed by atoms with van der Waals surface area (Å²) in [5.74, 6) is -1.27. The average Bonchev–Trinajstić information content (AvgIpc) is 3.20. The Kier molecular flexibility index (Phi) is 5.73. The van der Waals surface area contributed by atoms with Gasteiger partial charge in [-0.3, -0.25) is 4.79 Å². The normalized spacial score (nSPS) is 12.3. The second-order valence-corrected chi connectivity index (χ2v) is 7.63. The lowest BCUT2D eigenvalue weighted by atomic mass is 10.1. The van der Waals surface area contributed by atoms with Crippen molar-refractivity contribution in [2.24, 2.45) is 5.10 Å². The Bertz CT molecular complexity index is 1330. The van der Waals surface area contributed by atoms with E-state index >= 15 is 0 Å². The largest absolute Gasteiger partial charge is 0.546 e. The number of ether oxygens (including phenoxy) is 1. The van der Waals surface area contributed by atoms with Gasteiger partial charge in [-0.1, -0.05) is 30.3 Å². The van der Waals surface area contributed by atoms with Crippen molar-refractivity contribution >= 4 is 55.8 Å². The Morgan fingerprint density at radius 3 is 2.71 bits per heavy atom. The van der Waals surface area contributed by atoms with Crippen LogP contribution in [0.2, 0.25) is 0 Å². The van der Waals surface area contributed by atoms with Crippen molar-refractivity contribution in [3.63, 3.8) is 0 Å². The number of nitrogens with one attached hydrogen (secondary N) is 1. The first-order chi connectivity index (χ1) is 14.9. The SMILES string of the molecule is CC(Oc1ccc(C=NNC(=O)c2cc3c(ccc4ccccc43)o2)cc1Br)C(=O)[O-]. The quantitative estimate of drug-likeness (QED) is 0.335. The zero-order valence-corrected chi connectivity index (χ0v) is 17.9. The van der Waals surface area contributed by atoms with Crippen LogP contribution in [0, 0.1) is 0 Å². The smallest absolute Gasteiger partial charge is 0.307 e. The Hall–Kier alpha value is -3.65. The van der Waals surface area contributed by atoms with Gasteiger partial charge >= 0.3 is 5.91 Å². The molecule has 0 aliphatic rings. The van der Waals surface area contributed by atoms with E-state index in [4.69, 9.17) is 9.15 Å². The number of hydrogen-bond donors (Lipinski definition) is 1. The minimum Gasteiger partial charge on any atom is -0.546 e. The molecule has 4 aromatic rings. The van der Waals surface area contributed by atoms with Crippen LogP contribution in [0.15, 0.2) is 74.7 Å². The molecule has 1 amide bonds. The Labute approximate surface area is 185 Å². The van der Waals surface area contributed by atoms with Crippen molar-refractivity contribution < 1.29 is 23.8 Å². The van der Waals surface area contributed by atoms with Gasteiger partial charge in [0.05, 0.1) is 16.7 Å². The minimum atomic E-state index is -1.31. The molecule has 0 saturated heterocycles. The second kappa shape index (κ2) is 8.61. The van der Waals surface area contributed by atoms with Gasteiger partial charge in [0.25, 0.3) is 0 Å². The number of carbonyl (C=O) groups excluding carboxylic acids is 2. The van der Waals surface area contributed by atoms with Gasteiger partial charge in [0.1, 0.15) is 17.4 Å². The summed E-state index contributed by atoms with van der Waals surface area (Å²) in [5, 5.41) is 17.7. The first kappa shape index (κ1) is 20.6. The standard InChI is InChI=1S/C23H17BrN2O5/c1-13(23(28)29)30-20-8-6-14(10-18(20)24)12-25-26-22(27)21-11-17-16-5-3-2-4-15(16)7-9-19(17)31-21/h2-13H,1H3,(H,26,27)(H,28,29)/p-1. The summed E-state index contributed by atoms with van der Waals surface area (Å²) in [6, 6.07) is 18.3. The molecule has 0 aliphatic carbocycles. The molecule has 1 heterocycles. The lowest BCUT2D eigenvalue weighted by molar-refractivity contribution is -0.312. The third-order valence-electron chi connectivity index (χ3n) is 4.62. The molecule has 31 heavy (non-hydrogen) atoms. The molecule has 0 saturated carbocycles. The molecule has 0 radical (unpaired) electrons. The highest BCUT2D eigenvalue weighted by molar-refractivity contribution is 9.10. The number of carbonyl (C=O) groups is 2. The number of carboxylic acid groups (broad SMARTS) is 1. The number of carboxylic acids is 1. The fourth-order valence-corrected chi connectivity index (χ4v) is 3.55. The second-order valence-electron chi connectivity index (χ2n) is 6.78. The molecule has 0 bridgehead atoms. The van der Waals surface area contributed by atoms with Crippen LogP contribution in [0.3, 0.4) is 0 Å². The summed E-state index contributed by atoms with van der Waals surface area (Å²) < 4.78 is 11.5. The summed E-state index contributed by atoms with van der Waals surface area (Å²) in [5.41, 5.74) is 3.73. The van der Waals surface area contributed by atoms with Gasteiger partial charge in [0.15, 0.2) is 5.76 Å². The summed E-state index contributed by atoms with van der Waals surface area (Å²) >= 11 is 3.32. The fourth-order valence-electron chi connectivity index (χ4n) is 3.06. The number of fused-ring (bicyclic) bond motifs is 3. The molecule has 4 rings (SSSR count). The zero-order chi connectivity index (χ0) is 22.0. The molecule has 7 nitrogen and oxygen atoms in total. The van der Waals surface area contributed by atoms with E-state index in [0.29, 0.717) is 21.4 Å². The van der Waals surface area contributed by atoms with E-state index in [-0.39, 0.29) is 5.76 Å². The number of rotatable bonds is 6. The van der Waals surface area contributed by atoms with Crippen LogP contribution in [0.1, 0.15) is 23.0 Å². The Morgan fingerprint density at radius 2 is 1.94 bits per heavy atom. The van der Waals surface area contributed by atoms with Gasteiger partial charge in [-0.15, -0.1) is 0 Å². The molecule has 0 spiro atoms. The van der Waals surface area contributed by atoms with Gasteiger partial charge in [0.2, 0.25) is 0 Å². The molecule has 1 unspecified atom stereocenters. The number of hydrogen-bond acceptors (Lipinski definition) is 6. The number of benzene rings is 3. The summed E-state index contributed by atoms with van der Waals surface area (Å²) in [7, 11) is 0. The van der Waals surface area contributed by atoms with Gasteiger partial charge in [-0.25, -0.2) is 5.43 Å². The first-order valence-electron chi connectivity index (χ1n) is 9.34. The topological polar surface area (TPSA) is 104 Å². The van der Waals surface area contributed by atoms with E-state index in [2.05, 4.69) is 26.5 Å². The van der Waals surface area contributed by atoms with Crippen LogP contribution >= 0.6 is 15.9 Å². The maximum absolute atomic E-state index is 12.4. The minimum absolute atomic E-state index is 0.157. The first-order valence-corrected chi connectivity index (χ1v) is 10.1. The maximum Gasteiger partial charge on any atom is 0.307 e. The molecule has 1 atom stereocenters. The summed E-state index contributed by atoms with van der Waals surface area (Å²) in [4.78, 5) is 23.2. The number of nitrogens with zero attached hydrogens (tertiary/aromatic N) is 1. The van der Waals surface area contributed by atoms with E-state index < -0.39 is 18.0 Å². The lowest BCUT2D eigenvalue weighted by Gasteiger charge is -2.16.